The first-order valence-electron chi connectivity index (χ1n) is 7.06. The van der Waals surface area contributed by atoms with Gasteiger partial charge in [-0.1, -0.05) is 52.5 Å². The molecule has 1 heteroatoms. The molecule has 17 heavy (non-hydrogen) atoms. The Morgan fingerprint density at radius 2 is 1.88 bits per heavy atom. The molecule has 96 valence electrons. The smallest absolute Gasteiger partial charge is 0.0465 e. The minimum atomic E-state index is 0.264. The summed E-state index contributed by atoms with van der Waals surface area (Å²) in [6, 6.07) is 6.41. The van der Waals surface area contributed by atoms with Gasteiger partial charge in [-0.05, 0) is 31.9 Å². The largest absolute Gasteiger partial charge is 0.258 e. The van der Waals surface area contributed by atoms with Gasteiger partial charge < -0.3 is 0 Å². The third-order valence-corrected chi connectivity index (χ3v) is 3.87. The lowest BCUT2D eigenvalue weighted by molar-refractivity contribution is 0.385. The zero-order valence-electron chi connectivity index (χ0n) is 11.9. The average molecular weight is 233 g/mol. The summed E-state index contributed by atoms with van der Waals surface area (Å²) < 4.78 is 0. The Morgan fingerprint density at radius 1 is 1.12 bits per heavy atom. The topological polar surface area (TPSA) is 12.9 Å². The number of pyridine rings is 1. The Labute approximate surface area is 107 Å². The summed E-state index contributed by atoms with van der Waals surface area (Å²) >= 11 is 0. The van der Waals surface area contributed by atoms with Gasteiger partial charge in [0.1, 0.15) is 0 Å². The van der Waals surface area contributed by atoms with Crippen LogP contribution in [0.4, 0.5) is 0 Å². The Morgan fingerprint density at radius 3 is 2.47 bits per heavy atom. The minimum absolute atomic E-state index is 0.264. The third-order valence-electron chi connectivity index (χ3n) is 3.87. The van der Waals surface area contributed by atoms with E-state index in [1.807, 2.05) is 0 Å². The summed E-state index contributed by atoms with van der Waals surface area (Å²) in [5.74, 6) is 0. The highest BCUT2D eigenvalue weighted by atomic mass is 14.7. The molecule has 0 radical (unpaired) electrons. The normalized spacial score (nSPS) is 14.6. The molecular formula is C16H27N. The average Bonchev–Trinajstić information content (AvgIpc) is 2.34. The van der Waals surface area contributed by atoms with Gasteiger partial charge in [0.05, 0.1) is 0 Å². The third kappa shape index (κ3) is 4.14. The maximum atomic E-state index is 4.72. The summed E-state index contributed by atoms with van der Waals surface area (Å²) in [6.07, 6.45) is 7.80. The van der Waals surface area contributed by atoms with Crippen molar-refractivity contribution in [2.75, 3.05) is 0 Å². The fourth-order valence-electron chi connectivity index (χ4n) is 2.31. The molecule has 1 aromatic heterocycles. The van der Waals surface area contributed by atoms with Crippen molar-refractivity contribution in [3.8, 4) is 0 Å². The van der Waals surface area contributed by atoms with Gasteiger partial charge in [-0.2, -0.15) is 0 Å². The van der Waals surface area contributed by atoms with E-state index < -0.39 is 0 Å². The molecule has 1 heterocycles. The van der Waals surface area contributed by atoms with Crippen LogP contribution in [-0.4, -0.2) is 4.98 Å². The van der Waals surface area contributed by atoms with Gasteiger partial charge in [0, 0.05) is 16.8 Å². The van der Waals surface area contributed by atoms with Crippen molar-refractivity contribution in [3.63, 3.8) is 0 Å². The Hall–Kier alpha value is -0.850. The second kappa shape index (κ2) is 6.78. The van der Waals surface area contributed by atoms with Gasteiger partial charge in [0.2, 0.25) is 0 Å². The molecule has 0 bridgehead atoms. The van der Waals surface area contributed by atoms with E-state index in [9.17, 15) is 0 Å². The molecule has 1 unspecified atom stereocenters. The molecule has 1 atom stereocenters. The molecule has 0 fully saturated rings. The zero-order valence-corrected chi connectivity index (χ0v) is 11.9. The zero-order chi connectivity index (χ0) is 12.7. The SMILES string of the molecule is CCCCCCC(C)(CC)c1cccc(C)n1. The fourth-order valence-corrected chi connectivity index (χ4v) is 2.31. The molecule has 1 nitrogen and oxygen atoms in total. The Balaban J connectivity index is 2.67. The predicted molar refractivity (Wildman–Crippen MR) is 75.4 cm³/mol. The van der Waals surface area contributed by atoms with Crippen molar-refractivity contribution < 1.29 is 0 Å². The Kier molecular flexibility index (Phi) is 5.67. The van der Waals surface area contributed by atoms with Gasteiger partial charge in [0.25, 0.3) is 0 Å². The molecule has 0 saturated carbocycles. The summed E-state index contributed by atoms with van der Waals surface area (Å²) in [5.41, 5.74) is 2.67. The first-order chi connectivity index (χ1) is 8.12. The summed E-state index contributed by atoms with van der Waals surface area (Å²) in [6.45, 7) is 8.99. The van der Waals surface area contributed by atoms with E-state index in [1.54, 1.807) is 0 Å². The molecule has 0 N–H and O–H groups in total. The monoisotopic (exact) mass is 233 g/mol. The number of hydrogen-bond donors (Lipinski definition) is 0. The van der Waals surface area contributed by atoms with Crippen LogP contribution in [0.15, 0.2) is 18.2 Å². The van der Waals surface area contributed by atoms with Crippen molar-refractivity contribution in [1.82, 2.24) is 4.98 Å². The minimum Gasteiger partial charge on any atom is -0.258 e. The van der Waals surface area contributed by atoms with Gasteiger partial charge in [0.15, 0.2) is 0 Å². The van der Waals surface area contributed by atoms with Crippen molar-refractivity contribution >= 4 is 0 Å². The highest BCUT2D eigenvalue weighted by Gasteiger charge is 2.25. The van der Waals surface area contributed by atoms with E-state index in [-0.39, 0.29) is 5.41 Å². The number of unbranched alkanes of at least 4 members (excludes halogenated alkanes) is 3. The first kappa shape index (κ1) is 14.2. The number of rotatable bonds is 7. The Bertz CT molecular complexity index is 332. The van der Waals surface area contributed by atoms with Gasteiger partial charge in [-0.25, -0.2) is 0 Å². The molecule has 0 aliphatic carbocycles. The lowest BCUT2D eigenvalue weighted by Crippen LogP contribution is -2.22. The first-order valence-corrected chi connectivity index (χ1v) is 7.06. The highest BCUT2D eigenvalue weighted by Crippen LogP contribution is 2.32. The molecule has 0 amide bonds. The lowest BCUT2D eigenvalue weighted by atomic mass is 9.78. The van der Waals surface area contributed by atoms with Crippen LogP contribution in [0, 0.1) is 6.92 Å². The van der Waals surface area contributed by atoms with Crippen molar-refractivity contribution in [2.24, 2.45) is 0 Å². The van der Waals surface area contributed by atoms with Crippen LogP contribution in [0.3, 0.4) is 0 Å². The van der Waals surface area contributed by atoms with Gasteiger partial charge >= 0.3 is 0 Å². The fraction of sp³-hybridized carbons (Fsp3) is 0.688. The molecular weight excluding hydrogens is 206 g/mol. The van der Waals surface area contributed by atoms with Crippen LogP contribution in [0.2, 0.25) is 0 Å². The number of hydrogen-bond acceptors (Lipinski definition) is 1. The van der Waals surface area contributed by atoms with Crippen LogP contribution in [0.5, 0.6) is 0 Å². The van der Waals surface area contributed by atoms with Crippen molar-refractivity contribution in [3.05, 3.63) is 29.6 Å². The van der Waals surface area contributed by atoms with Gasteiger partial charge in [-0.15, -0.1) is 0 Å². The van der Waals surface area contributed by atoms with E-state index in [1.165, 1.54) is 44.2 Å². The molecule has 0 aliphatic heterocycles. The lowest BCUT2D eigenvalue weighted by Gasteiger charge is -2.28. The van der Waals surface area contributed by atoms with Crippen LogP contribution < -0.4 is 0 Å². The second-order valence-electron chi connectivity index (χ2n) is 5.39. The molecule has 0 aromatic carbocycles. The van der Waals surface area contributed by atoms with E-state index >= 15 is 0 Å². The molecule has 0 aliphatic rings. The summed E-state index contributed by atoms with van der Waals surface area (Å²) in [4.78, 5) is 4.72. The van der Waals surface area contributed by atoms with Crippen molar-refractivity contribution in [2.45, 2.75) is 71.6 Å². The predicted octanol–water partition coefficient (Wildman–Crippen LogP) is 5.03. The van der Waals surface area contributed by atoms with Crippen LogP contribution in [0.25, 0.3) is 0 Å². The van der Waals surface area contributed by atoms with Crippen LogP contribution in [0.1, 0.15) is 70.7 Å². The maximum Gasteiger partial charge on any atom is 0.0465 e. The van der Waals surface area contributed by atoms with E-state index in [2.05, 4.69) is 45.9 Å². The summed E-state index contributed by atoms with van der Waals surface area (Å²) in [7, 11) is 0. The molecule has 0 spiro atoms. The number of aromatic nitrogens is 1. The van der Waals surface area contributed by atoms with E-state index in [0.29, 0.717) is 0 Å². The van der Waals surface area contributed by atoms with Crippen molar-refractivity contribution in [1.29, 1.82) is 0 Å². The standard InChI is InChI=1S/C16H27N/c1-5-7-8-9-13-16(4,6-2)15-12-10-11-14(3)17-15/h10-12H,5-9,13H2,1-4H3. The van der Waals surface area contributed by atoms with Crippen LogP contribution >= 0.6 is 0 Å². The second-order valence-corrected chi connectivity index (χ2v) is 5.39. The number of aryl methyl sites for hydroxylation is 1. The summed E-state index contributed by atoms with van der Waals surface area (Å²) in [5, 5.41) is 0. The van der Waals surface area contributed by atoms with E-state index in [0.717, 1.165) is 5.69 Å². The van der Waals surface area contributed by atoms with Crippen LogP contribution in [-0.2, 0) is 5.41 Å². The maximum absolute atomic E-state index is 4.72. The number of nitrogens with zero attached hydrogens (tertiary/aromatic N) is 1. The quantitative estimate of drug-likeness (QED) is 0.602. The highest BCUT2D eigenvalue weighted by molar-refractivity contribution is 5.18. The molecule has 1 rings (SSSR count). The van der Waals surface area contributed by atoms with Gasteiger partial charge in [-0.3, -0.25) is 4.98 Å². The molecule has 0 saturated heterocycles. The molecule has 1 aromatic rings. The van der Waals surface area contributed by atoms with E-state index in [4.69, 9.17) is 4.98 Å².